The van der Waals surface area contributed by atoms with Crippen LogP contribution in [0.4, 0.5) is 14.5 Å². The van der Waals surface area contributed by atoms with Crippen molar-refractivity contribution in [2.45, 2.75) is 13.5 Å². The summed E-state index contributed by atoms with van der Waals surface area (Å²) in [5.41, 5.74) is 5.58. The lowest BCUT2D eigenvalue weighted by Crippen LogP contribution is -2.29. The predicted molar refractivity (Wildman–Crippen MR) is 86.1 cm³/mol. The van der Waals surface area contributed by atoms with E-state index in [0.717, 1.165) is 0 Å². The number of amides is 1. The van der Waals surface area contributed by atoms with Gasteiger partial charge in [0.15, 0.2) is 11.5 Å². The minimum Gasteiger partial charge on any atom is -0.545 e. The van der Waals surface area contributed by atoms with Crippen LogP contribution in [0.15, 0.2) is 42.5 Å². The number of rotatable bonds is 8. The standard InChI is InChI=1S/C17H16F2N2O5/c1-2-25-14-9-11(5-8-13(14)26-17(18)19)15(22)21-20-12-6-3-10(4-7-12)16(23)24/h3-9,17,20H,2H2,1H3,(H,21,22)(H,23,24)/p-1. The highest BCUT2D eigenvalue weighted by Crippen LogP contribution is 2.29. The molecule has 0 heterocycles. The quantitative estimate of drug-likeness (QED) is 0.692. The third kappa shape index (κ3) is 5.07. The number of carboxylic acid groups (broad SMARTS) is 1. The fourth-order valence-electron chi connectivity index (χ4n) is 2.00. The molecular weight excluding hydrogens is 350 g/mol. The predicted octanol–water partition coefficient (Wildman–Crippen LogP) is 1.81. The minimum absolute atomic E-state index is 0.00199. The zero-order chi connectivity index (χ0) is 19.1. The molecular formula is C17H15F2N2O5-. The van der Waals surface area contributed by atoms with Crippen molar-refractivity contribution in [3.05, 3.63) is 53.6 Å². The number of alkyl halides is 2. The van der Waals surface area contributed by atoms with Gasteiger partial charge in [0.1, 0.15) is 0 Å². The van der Waals surface area contributed by atoms with Crippen LogP contribution in [0.2, 0.25) is 0 Å². The van der Waals surface area contributed by atoms with Gasteiger partial charge in [0, 0.05) is 5.56 Å². The summed E-state index contributed by atoms with van der Waals surface area (Å²) >= 11 is 0. The van der Waals surface area contributed by atoms with Crippen LogP contribution in [0.25, 0.3) is 0 Å². The third-order valence-corrected chi connectivity index (χ3v) is 3.16. The summed E-state index contributed by atoms with van der Waals surface area (Å²) in [5, 5.41) is 10.7. The smallest absolute Gasteiger partial charge is 0.387 e. The number of carboxylic acids is 1. The lowest BCUT2D eigenvalue weighted by molar-refractivity contribution is -0.255. The molecule has 0 bridgehead atoms. The number of hydrogen-bond donors (Lipinski definition) is 2. The maximum Gasteiger partial charge on any atom is 0.387 e. The van der Waals surface area contributed by atoms with E-state index in [9.17, 15) is 23.5 Å². The van der Waals surface area contributed by atoms with Gasteiger partial charge in [-0.15, -0.1) is 0 Å². The number of anilines is 1. The number of hydrogen-bond acceptors (Lipinski definition) is 6. The Morgan fingerprint density at radius 3 is 2.31 bits per heavy atom. The van der Waals surface area contributed by atoms with Crippen molar-refractivity contribution >= 4 is 17.6 Å². The maximum atomic E-state index is 12.4. The van der Waals surface area contributed by atoms with Crippen molar-refractivity contribution in [2.75, 3.05) is 12.0 Å². The van der Waals surface area contributed by atoms with Crippen LogP contribution in [0.3, 0.4) is 0 Å². The average molecular weight is 365 g/mol. The lowest BCUT2D eigenvalue weighted by atomic mass is 10.2. The number of benzene rings is 2. The van der Waals surface area contributed by atoms with E-state index >= 15 is 0 Å². The molecule has 0 aliphatic rings. The molecule has 0 aromatic heterocycles. The zero-order valence-electron chi connectivity index (χ0n) is 13.6. The summed E-state index contributed by atoms with van der Waals surface area (Å²) < 4.78 is 34.3. The first kappa shape index (κ1) is 19.0. The Labute approximate surface area is 147 Å². The molecule has 0 saturated carbocycles. The van der Waals surface area contributed by atoms with Gasteiger partial charge in [-0.1, -0.05) is 12.1 Å². The SMILES string of the molecule is CCOc1cc(C(=O)NNc2ccc(C(=O)[O-])cc2)ccc1OC(F)F. The number of nitrogens with one attached hydrogen (secondary N) is 2. The molecule has 2 N–H and O–H groups in total. The van der Waals surface area contributed by atoms with Gasteiger partial charge in [-0.25, -0.2) is 0 Å². The first-order valence-electron chi connectivity index (χ1n) is 7.50. The molecule has 2 aromatic carbocycles. The second-order valence-electron chi connectivity index (χ2n) is 4.92. The highest BCUT2D eigenvalue weighted by atomic mass is 19.3. The van der Waals surface area contributed by atoms with Crippen molar-refractivity contribution < 1.29 is 33.0 Å². The van der Waals surface area contributed by atoms with Crippen LogP contribution < -0.4 is 25.4 Å². The Kier molecular flexibility index (Phi) is 6.31. The van der Waals surface area contributed by atoms with Gasteiger partial charge < -0.3 is 19.4 Å². The van der Waals surface area contributed by atoms with Gasteiger partial charge in [-0.2, -0.15) is 8.78 Å². The number of aromatic carboxylic acids is 1. The molecule has 0 radical (unpaired) electrons. The molecule has 0 atom stereocenters. The Morgan fingerprint density at radius 1 is 1.08 bits per heavy atom. The molecule has 7 nitrogen and oxygen atoms in total. The largest absolute Gasteiger partial charge is 0.545 e. The number of ether oxygens (including phenoxy) is 2. The summed E-state index contributed by atoms with van der Waals surface area (Å²) in [6.07, 6.45) is 0. The fourth-order valence-corrected chi connectivity index (χ4v) is 2.00. The van der Waals surface area contributed by atoms with Gasteiger partial charge >= 0.3 is 6.61 Å². The van der Waals surface area contributed by atoms with Crippen LogP contribution in [-0.4, -0.2) is 25.1 Å². The average Bonchev–Trinajstić information content (AvgIpc) is 2.61. The van der Waals surface area contributed by atoms with Crippen LogP contribution in [0, 0.1) is 0 Å². The third-order valence-electron chi connectivity index (χ3n) is 3.16. The number of carbonyl (C=O) groups is 2. The van der Waals surface area contributed by atoms with Crippen molar-refractivity contribution in [1.29, 1.82) is 0 Å². The van der Waals surface area contributed by atoms with E-state index in [1.54, 1.807) is 6.92 Å². The van der Waals surface area contributed by atoms with E-state index in [1.807, 2.05) is 0 Å². The number of halogens is 2. The van der Waals surface area contributed by atoms with Crippen LogP contribution in [-0.2, 0) is 0 Å². The van der Waals surface area contributed by atoms with E-state index in [2.05, 4.69) is 15.6 Å². The van der Waals surface area contributed by atoms with Gasteiger partial charge in [-0.3, -0.25) is 15.6 Å². The normalized spacial score (nSPS) is 10.3. The molecule has 26 heavy (non-hydrogen) atoms. The highest BCUT2D eigenvalue weighted by molar-refractivity contribution is 5.95. The van der Waals surface area contributed by atoms with E-state index in [-0.39, 0.29) is 29.2 Å². The monoisotopic (exact) mass is 365 g/mol. The van der Waals surface area contributed by atoms with Gasteiger partial charge in [-0.05, 0) is 42.8 Å². The Bertz CT molecular complexity index is 781. The summed E-state index contributed by atoms with van der Waals surface area (Å²) in [4.78, 5) is 22.8. The fraction of sp³-hybridized carbons (Fsp3) is 0.176. The molecule has 0 spiro atoms. The molecule has 0 aliphatic carbocycles. The topological polar surface area (TPSA) is 99.7 Å². The van der Waals surface area contributed by atoms with Crippen molar-refractivity contribution in [2.24, 2.45) is 0 Å². The maximum absolute atomic E-state index is 12.4. The molecule has 2 aromatic rings. The van der Waals surface area contributed by atoms with E-state index in [0.29, 0.717) is 5.69 Å². The number of hydrazine groups is 1. The van der Waals surface area contributed by atoms with E-state index in [4.69, 9.17) is 4.74 Å². The van der Waals surface area contributed by atoms with E-state index in [1.165, 1.54) is 42.5 Å². The lowest BCUT2D eigenvalue weighted by Gasteiger charge is -2.13. The minimum atomic E-state index is -3.01. The summed E-state index contributed by atoms with van der Waals surface area (Å²) in [5.74, 6) is -2.03. The summed E-state index contributed by atoms with van der Waals surface area (Å²) in [6, 6.07) is 9.29. The molecule has 1 amide bonds. The van der Waals surface area contributed by atoms with Crippen LogP contribution in [0.1, 0.15) is 27.6 Å². The zero-order valence-corrected chi connectivity index (χ0v) is 13.6. The molecule has 0 saturated heterocycles. The van der Waals surface area contributed by atoms with E-state index < -0.39 is 18.5 Å². The molecule has 0 aliphatic heterocycles. The molecule has 0 unspecified atom stereocenters. The molecule has 0 fully saturated rings. The highest BCUT2D eigenvalue weighted by Gasteiger charge is 2.14. The van der Waals surface area contributed by atoms with Crippen molar-refractivity contribution in [1.82, 2.24) is 5.43 Å². The molecule has 2 rings (SSSR count). The van der Waals surface area contributed by atoms with Gasteiger partial charge in [0.05, 0.1) is 18.3 Å². The van der Waals surface area contributed by atoms with Crippen LogP contribution >= 0.6 is 0 Å². The second kappa shape index (κ2) is 8.65. The molecule has 9 heteroatoms. The van der Waals surface area contributed by atoms with Gasteiger partial charge in [0.2, 0.25) is 0 Å². The Balaban J connectivity index is 2.06. The van der Waals surface area contributed by atoms with Crippen LogP contribution in [0.5, 0.6) is 11.5 Å². The van der Waals surface area contributed by atoms with Crippen molar-refractivity contribution in [3.8, 4) is 11.5 Å². The summed E-state index contributed by atoms with van der Waals surface area (Å²) in [6.45, 7) is -1.15. The Hall–Kier alpha value is -3.36. The first-order valence-corrected chi connectivity index (χ1v) is 7.50. The Morgan fingerprint density at radius 2 is 1.73 bits per heavy atom. The van der Waals surface area contributed by atoms with Crippen molar-refractivity contribution in [3.63, 3.8) is 0 Å². The second-order valence-corrected chi connectivity index (χ2v) is 4.92. The van der Waals surface area contributed by atoms with Gasteiger partial charge in [0.25, 0.3) is 5.91 Å². The number of carbonyl (C=O) groups excluding carboxylic acids is 2. The molecule has 138 valence electrons. The summed E-state index contributed by atoms with van der Waals surface area (Å²) in [7, 11) is 0. The first-order chi connectivity index (χ1) is 12.4.